The van der Waals surface area contributed by atoms with Gasteiger partial charge in [-0.15, -0.1) is 13.2 Å². The number of aromatic hydroxyl groups is 1. The summed E-state index contributed by atoms with van der Waals surface area (Å²) in [6.45, 7) is 18.7. The third-order valence-electron chi connectivity index (χ3n) is 20.1. The van der Waals surface area contributed by atoms with Gasteiger partial charge >= 0.3 is 47.8 Å². The number of ether oxygens (including phenoxy) is 7. The largest absolute Gasteiger partial charge is 0.508 e. The number of unbranched alkanes of at least 4 members (excludes halogenated alkanes) is 4. The molecule has 8 aromatic rings. The number of aliphatic hydroxyl groups excluding tert-OH is 2. The first-order valence-corrected chi connectivity index (χ1v) is 36.5. The van der Waals surface area contributed by atoms with Crippen molar-refractivity contribution in [2.24, 2.45) is 23.7 Å². The number of rotatable bonds is 31. The Morgan fingerprint density at radius 3 is 1.25 bits per heavy atom. The first-order valence-electron chi connectivity index (χ1n) is 36.5. The molecule has 0 spiro atoms. The van der Waals surface area contributed by atoms with Crippen molar-refractivity contribution in [2.45, 2.75) is 115 Å². The number of carbonyl (C=O) groups excluding carboxylic acids is 7. The third-order valence-corrected chi connectivity index (χ3v) is 20.1. The molecule has 10 atom stereocenters. The minimum atomic E-state index is -1.03. The van der Waals surface area contributed by atoms with Crippen LogP contribution in [0.5, 0.6) is 23.0 Å². The quantitative estimate of drug-likeness (QED) is 0.00783. The van der Waals surface area contributed by atoms with Gasteiger partial charge in [-0.1, -0.05) is 37.4 Å². The Labute approximate surface area is 632 Å². The highest BCUT2D eigenvalue weighted by atomic mass is 16.6. The molecular formula is C86H90N4O19. The molecule has 6 aromatic carbocycles. The predicted octanol–water partition coefficient (Wildman–Crippen LogP) is 13.7. The number of nitrogens with zero attached hydrogens (tertiary/aromatic N) is 4. The summed E-state index contributed by atoms with van der Waals surface area (Å²) in [5, 5.41) is 39.6. The smallest absolute Gasteiger partial charge is 0.343 e. The fourth-order valence-corrected chi connectivity index (χ4v) is 14.2. The van der Waals surface area contributed by atoms with E-state index in [1.165, 1.54) is 60.7 Å². The Kier molecular flexibility index (Phi) is 28.9. The summed E-state index contributed by atoms with van der Waals surface area (Å²) in [5.74, 6) is -1.53. The summed E-state index contributed by atoms with van der Waals surface area (Å²) in [6.07, 6.45) is 17.0. The van der Waals surface area contributed by atoms with Crippen LogP contribution in [-0.4, -0.2) is 139 Å². The Hall–Kier alpha value is -11.5. The normalized spacial score (nSPS) is 19.1. The van der Waals surface area contributed by atoms with E-state index in [1.54, 1.807) is 48.8 Å². The number of carboxylic acids is 1. The molecule has 6 aliphatic heterocycles. The van der Waals surface area contributed by atoms with E-state index in [1.807, 2.05) is 54.6 Å². The van der Waals surface area contributed by atoms with Gasteiger partial charge in [0.1, 0.15) is 35.2 Å². The number of carbonyl (C=O) groups is 8. The molecule has 6 fully saturated rings. The van der Waals surface area contributed by atoms with Crippen LogP contribution in [0.4, 0.5) is 0 Å². The number of pyridine rings is 2. The molecule has 2 aromatic heterocycles. The Balaban J connectivity index is 0.000000194. The number of benzene rings is 6. The van der Waals surface area contributed by atoms with Gasteiger partial charge in [-0.2, -0.15) is 0 Å². The maximum absolute atomic E-state index is 13.8. The summed E-state index contributed by atoms with van der Waals surface area (Å²) >= 11 is 0. The van der Waals surface area contributed by atoms with Gasteiger partial charge in [0.05, 0.1) is 71.8 Å². The van der Waals surface area contributed by atoms with Crippen LogP contribution in [-0.2, 0) is 51.3 Å². The molecule has 109 heavy (non-hydrogen) atoms. The first kappa shape index (κ1) is 80.0. The Morgan fingerprint density at radius 1 is 0.477 bits per heavy atom. The fourth-order valence-electron chi connectivity index (χ4n) is 14.2. The molecule has 4 bridgehead atoms. The molecule has 14 rings (SSSR count). The van der Waals surface area contributed by atoms with Crippen LogP contribution >= 0.6 is 0 Å². The number of esters is 7. The highest BCUT2D eigenvalue weighted by Crippen LogP contribution is 2.46. The van der Waals surface area contributed by atoms with Crippen molar-refractivity contribution < 1.29 is 91.9 Å². The number of aromatic nitrogens is 2. The summed E-state index contributed by atoms with van der Waals surface area (Å²) in [7, 11) is 0. The van der Waals surface area contributed by atoms with Gasteiger partial charge in [-0.3, -0.25) is 29.4 Å². The lowest BCUT2D eigenvalue weighted by molar-refractivity contribution is -0.138. The number of hydrogen-bond donors (Lipinski definition) is 4. The van der Waals surface area contributed by atoms with E-state index in [-0.39, 0.29) is 73.3 Å². The summed E-state index contributed by atoms with van der Waals surface area (Å²) in [5.41, 5.74) is 5.90. The van der Waals surface area contributed by atoms with Crippen LogP contribution in [0.1, 0.15) is 153 Å². The van der Waals surface area contributed by atoms with Gasteiger partial charge < -0.3 is 53.6 Å². The molecule has 4 N–H and O–H groups in total. The molecule has 8 heterocycles. The second-order valence-electron chi connectivity index (χ2n) is 27.1. The van der Waals surface area contributed by atoms with E-state index < -0.39 is 54.0 Å². The molecule has 0 saturated carbocycles. The lowest BCUT2D eigenvalue weighted by atomic mass is 9.73. The molecule has 6 aliphatic rings. The van der Waals surface area contributed by atoms with Gasteiger partial charge in [0.2, 0.25) is 0 Å². The minimum absolute atomic E-state index is 0.0457. The maximum Gasteiger partial charge on any atom is 0.343 e. The maximum atomic E-state index is 13.8. The number of fused-ring (bicyclic) bond motifs is 8. The van der Waals surface area contributed by atoms with Crippen molar-refractivity contribution in [1.82, 2.24) is 19.8 Å². The zero-order valence-electron chi connectivity index (χ0n) is 60.6. The number of phenolic OH excluding ortho intramolecular Hbond substituents is 1. The number of phenols is 1. The molecule has 0 radical (unpaired) electrons. The lowest BCUT2D eigenvalue weighted by Gasteiger charge is -2.51. The van der Waals surface area contributed by atoms with E-state index in [0.29, 0.717) is 85.0 Å². The van der Waals surface area contributed by atoms with Gasteiger partial charge in [0.15, 0.2) is 0 Å². The second-order valence-corrected chi connectivity index (χ2v) is 27.1. The predicted molar refractivity (Wildman–Crippen MR) is 405 cm³/mol. The van der Waals surface area contributed by atoms with Gasteiger partial charge in [0.25, 0.3) is 0 Å². The average Bonchev–Trinajstić information content (AvgIpc) is 0.766. The van der Waals surface area contributed by atoms with Crippen LogP contribution in [0.15, 0.2) is 209 Å². The topological polar surface area (TPSA) is 314 Å². The fraction of sp³-hybridized carbons (Fsp3) is 0.326. The van der Waals surface area contributed by atoms with E-state index >= 15 is 0 Å². The summed E-state index contributed by atoms with van der Waals surface area (Å²) in [6, 6.07) is 39.1. The minimum Gasteiger partial charge on any atom is -0.508 e. The van der Waals surface area contributed by atoms with Gasteiger partial charge in [-0.05, 0) is 246 Å². The standard InChI is InChI=1S/C43H44N2O9.C27H28N2O4.C16H18O6/c1-3-29-26-45-22-20-32(29)25-38(45)41(35-19-21-44-37-18-9-28(27-46)24-36(35)37)54-43(50)31-12-16-34(17-13-31)53-42(49)30-10-14-33(15-11-30)52-40(48)8-6-5-7-23-51-39(47)4-2;1-2-18-15-29-12-10-20(18)14-25(29)26(33-27(32)19-4-6-21(31)7-5-19)22-9-11-28-24-8-3-17(16-30)13-23(22)24;1-2-14(17)21-11-5-3-4-6-15(18)22-13-9-7-12(8-10-13)16(19)20/h3-4,9-19,21,24,29,32,38,41,46H,1-2,5-8,20,22-23,25-27H2;2-9,11,13,18,20,25-26,30-31H,1,10,12,14-16H2;2,7-10H,1,3-6,11H2,(H,19,20)/t29-,32?,38-,41-;18-,20?,25-,26-;/m00./s1. The van der Waals surface area contributed by atoms with Crippen molar-refractivity contribution in [2.75, 3.05) is 39.4 Å². The summed E-state index contributed by atoms with van der Waals surface area (Å²) in [4.78, 5) is 110. The average molecular weight is 1480 g/mol. The second kappa shape index (κ2) is 39.4. The molecule has 6 saturated heterocycles. The van der Waals surface area contributed by atoms with Gasteiger partial charge in [0, 0.05) is 72.4 Å². The number of hydrogen-bond acceptors (Lipinski definition) is 22. The molecule has 4 unspecified atom stereocenters. The lowest BCUT2D eigenvalue weighted by Crippen LogP contribution is -2.55. The highest BCUT2D eigenvalue weighted by molar-refractivity contribution is 5.93. The van der Waals surface area contributed by atoms with Crippen LogP contribution in [0.2, 0.25) is 0 Å². The summed E-state index contributed by atoms with van der Waals surface area (Å²) < 4.78 is 38.3. The van der Waals surface area contributed by atoms with Crippen molar-refractivity contribution in [3.05, 3.63) is 253 Å². The molecule has 0 aliphatic carbocycles. The SMILES string of the molecule is C=CC(=O)OCCCCCC(=O)Oc1ccc(C(=O)O)cc1.C=CC(=O)OCCCCCC(=O)Oc1ccc(C(=O)Oc2ccc(C(=O)O[C@@H](c3ccnc4ccc(CO)cc34)[C@@H]3CC4CCN3C[C@@H]4C=C)cc2)cc1.C=C[C@H]1CN2CCC1C[C@H]2[C@@H](OC(=O)c1ccc(O)cc1)c1ccnc2ccc(CO)cc12. The zero-order valence-corrected chi connectivity index (χ0v) is 60.6. The first-order chi connectivity index (χ1) is 52.8. The van der Waals surface area contributed by atoms with Gasteiger partial charge in [-0.25, -0.2) is 28.8 Å². The molecular weight excluding hydrogens is 1390 g/mol. The number of aliphatic hydroxyl groups is 2. The molecule has 0 amide bonds. The van der Waals surface area contributed by atoms with E-state index in [0.717, 1.165) is 114 Å². The van der Waals surface area contributed by atoms with Crippen molar-refractivity contribution in [3.8, 4) is 23.0 Å². The number of piperidine rings is 6. The van der Waals surface area contributed by atoms with E-state index in [2.05, 4.69) is 52.2 Å². The van der Waals surface area contributed by atoms with Crippen molar-refractivity contribution >= 4 is 69.6 Å². The van der Waals surface area contributed by atoms with Crippen LogP contribution in [0.3, 0.4) is 0 Å². The number of aromatic carboxylic acids is 1. The molecule has 568 valence electrons. The van der Waals surface area contributed by atoms with Crippen LogP contribution < -0.4 is 14.2 Å². The molecule has 23 nitrogen and oxygen atoms in total. The third kappa shape index (κ3) is 21.9. The monoisotopic (exact) mass is 1480 g/mol. The molecule has 23 heteroatoms. The Bertz CT molecular complexity index is 4550. The number of carboxylic acid groups (broad SMARTS) is 1. The van der Waals surface area contributed by atoms with Crippen LogP contribution in [0.25, 0.3) is 21.8 Å². The Morgan fingerprint density at radius 2 is 0.872 bits per heavy atom. The van der Waals surface area contributed by atoms with Crippen molar-refractivity contribution in [1.29, 1.82) is 0 Å². The highest BCUT2D eigenvalue weighted by Gasteiger charge is 2.46. The zero-order chi connectivity index (χ0) is 77.3. The van der Waals surface area contributed by atoms with Crippen LogP contribution in [0, 0.1) is 23.7 Å². The van der Waals surface area contributed by atoms with E-state index in [9.17, 15) is 53.7 Å². The van der Waals surface area contributed by atoms with E-state index in [4.69, 9.17) is 38.3 Å². The van der Waals surface area contributed by atoms with Crippen molar-refractivity contribution in [3.63, 3.8) is 0 Å².